The van der Waals surface area contributed by atoms with Crippen molar-refractivity contribution in [3.05, 3.63) is 71.3 Å². The Morgan fingerprint density at radius 1 is 0.708 bits per heavy atom. The lowest BCUT2D eigenvalue weighted by atomic mass is 10.1. The van der Waals surface area contributed by atoms with Crippen LogP contribution in [-0.4, -0.2) is 88.7 Å². The summed E-state index contributed by atoms with van der Waals surface area (Å²) in [5, 5.41) is 35.2. The van der Waals surface area contributed by atoms with Gasteiger partial charge in [-0.1, -0.05) is 7.43 Å². The van der Waals surface area contributed by atoms with Crippen LogP contribution in [0.25, 0.3) is 0 Å². The lowest BCUT2D eigenvalue weighted by molar-refractivity contribution is 0.101. The number of ether oxygens (including phenoxy) is 5. The van der Waals surface area contributed by atoms with E-state index in [0.717, 1.165) is 38.2 Å². The minimum Gasteiger partial charge on any atom is -0.504 e. The molecule has 11 heteroatoms. The molecule has 0 bridgehead atoms. The maximum atomic E-state index is 9.10. The molecular weight excluding hydrogens is 610 g/mol. The second-order valence-corrected chi connectivity index (χ2v) is 11.2. The molecule has 0 aliphatic carbocycles. The van der Waals surface area contributed by atoms with Crippen LogP contribution in [0.2, 0.25) is 0 Å². The van der Waals surface area contributed by atoms with Gasteiger partial charge in [0.05, 0.1) is 56.2 Å². The number of likely N-dealkylation sites (N-methyl/N-ethyl adjacent to an activating group) is 2. The van der Waals surface area contributed by atoms with Gasteiger partial charge in [-0.15, -0.1) is 0 Å². The fraction of sp³-hybridized carbons (Fsp3) is 0.432. The lowest BCUT2D eigenvalue weighted by Gasteiger charge is -2.30. The van der Waals surface area contributed by atoms with Crippen molar-refractivity contribution < 1.29 is 28.8 Å². The van der Waals surface area contributed by atoms with Gasteiger partial charge in [0.15, 0.2) is 34.5 Å². The van der Waals surface area contributed by atoms with E-state index in [-0.39, 0.29) is 19.3 Å². The molecule has 11 nitrogen and oxygen atoms in total. The number of benzene rings is 3. The summed E-state index contributed by atoms with van der Waals surface area (Å²) in [5.74, 6) is 3.04. The van der Waals surface area contributed by atoms with Gasteiger partial charge in [0, 0.05) is 30.8 Å². The predicted octanol–water partition coefficient (Wildman–Crippen LogP) is 5.99. The zero-order valence-corrected chi connectivity index (χ0v) is 27.7. The van der Waals surface area contributed by atoms with Crippen LogP contribution in [0.15, 0.2) is 54.6 Å². The normalized spacial score (nSPS) is 16.9. The fourth-order valence-corrected chi connectivity index (χ4v) is 5.21. The van der Waals surface area contributed by atoms with Crippen LogP contribution in [0.3, 0.4) is 0 Å². The monoisotopic (exact) mass is 657 g/mol. The van der Waals surface area contributed by atoms with Gasteiger partial charge in [0.2, 0.25) is 0 Å². The second-order valence-electron chi connectivity index (χ2n) is 11.2. The number of piperidine rings is 1. The van der Waals surface area contributed by atoms with Gasteiger partial charge in [0.1, 0.15) is 12.7 Å². The van der Waals surface area contributed by atoms with Crippen molar-refractivity contribution in [2.75, 3.05) is 61.7 Å². The number of likely N-dealkylation sites (tertiary alicyclic amines) is 2. The standard InChI is InChI=1S/2C14H18N2O2.C8H7NO2.CH4/c1-16-7-3-4-12(16)10-18-13-6-5-11(9-15)8-14(13)17-2;1-16-7-3-4-12(10-16)18-13-6-5-11(9-15)8-14(13)17-2;1-11-8-4-6(5-9)2-3-7(8)10;/h2*5-6,8,12H,3-4,7,10H2,1-2H3;2-4,10H,1H3;1H4. The number of aromatic hydroxyl groups is 1. The maximum Gasteiger partial charge on any atom is 0.162 e. The van der Waals surface area contributed by atoms with Crippen LogP contribution >= 0.6 is 0 Å². The van der Waals surface area contributed by atoms with E-state index in [1.807, 2.05) is 12.1 Å². The molecular formula is C37H47N5O6. The summed E-state index contributed by atoms with van der Waals surface area (Å²) in [6.07, 6.45) is 4.82. The summed E-state index contributed by atoms with van der Waals surface area (Å²) in [6, 6.07) is 21.6. The van der Waals surface area contributed by atoms with E-state index in [2.05, 4.69) is 36.0 Å². The van der Waals surface area contributed by atoms with E-state index < -0.39 is 0 Å². The molecule has 2 atom stereocenters. The van der Waals surface area contributed by atoms with Gasteiger partial charge in [-0.05, 0) is 89.3 Å². The zero-order valence-electron chi connectivity index (χ0n) is 27.7. The van der Waals surface area contributed by atoms with Gasteiger partial charge in [-0.2, -0.15) is 15.8 Å². The topological polar surface area (TPSA) is 144 Å². The molecule has 256 valence electrons. The van der Waals surface area contributed by atoms with Crippen LogP contribution < -0.4 is 23.7 Å². The SMILES string of the molecule is C.COc1cc(C#N)ccc1O.COc1cc(C#N)ccc1OC1CCCN(C)C1.COc1cc(C#N)ccc1OCC1CCCN1C. The molecule has 48 heavy (non-hydrogen) atoms. The van der Waals surface area contributed by atoms with Gasteiger partial charge < -0.3 is 38.6 Å². The van der Waals surface area contributed by atoms with Crippen molar-refractivity contribution in [2.24, 2.45) is 0 Å². The summed E-state index contributed by atoms with van der Waals surface area (Å²) in [4.78, 5) is 4.58. The van der Waals surface area contributed by atoms with Crippen LogP contribution in [-0.2, 0) is 0 Å². The lowest BCUT2D eigenvalue weighted by Crippen LogP contribution is -2.38. The number of hydrogen-bond acceptors (Lipinski definition) is 11. The summed E-state index contributed by atoms with van der Waals surface area (Å²) < 4.78 is 27.1. The van der Waals surface area contributed by atoms with Crippen molar-refractivity contribution >= 4 is 0 Å². The van der Waals surface area contributed by atoms with Crippen LogP contribution in [0.1, 0.15) is 49.8 Å². The van der Waals surface area contributed by atoms with E-state index in [0.29, 0.717) is 52.3 Å². The molecule has 2 saturated heterocycles. The summed E-state index contributed by atoms with van der Waals surface area (Å²) in [5.41, 5.74) is 1.64. The van der Waals surface area contributed by atoms with E-state index in [1.54, 1.807) is 44.6 Å². The minimum absolute atomic E-state index is 0. The number of nitriles is 3. The molecule has 0 radical (unpaired) electrons. The number of nitrogens with zero attached hydrogens (tertiary/aromatic N) is 5. The fourth-order valence-electron chi connectivity index (χ4n) is 5.21. The molecule has 0 amide bonds. The molecule has 2 fully saturated rings. The highest BCUT2D eigenvalue weighted by Gasteiger charge is 2.22. The van der Waals surface area contributed by atoms with Crippen molar-refractivity contribution in [3.63, 3.8) is 0 Å². The Kier molecular flexibility index (Phi) is 16.4. The first-order valence-electron chi connectivity index (χ1n) is 15.4. The maximum absolute atomic E-state index is 9.10. The Labute approximate surface area is 285 Å². The highest BCUT2D eigenvalue weighted by molar-refractivity contribution is 5.48. The van der Waals surface area contributed by atoms with Gasteiger partial charge in [0.25, 0.3) is 0 Å². The third kappa shape index (κ3) is 11.6. The zero-order chi connectivity index (χ0) is 34.2. The van der Waals surface area contributed by atoms with Crippen LogP contribution in [0.5, 0.6) is 34.5 Å². The van der Waals surface area contributed by atoms with Gasteiger partial charge in [-0.3, -0.25) is 0 Å². The first kappa shape index (κ1) is 39.0. The summed E-state index contributed by atoms with van der Waals surface area (Å²) >= 11 is 0. The van der Waals surface area contributed by atoms with E-state index in [9.17, 15) is 0 Å². The molecule has 2 aliphatic heterocycles. The quantitative estimate of drug-likeness (QED) is 0.305. The minimum atomic E-state index is 0. The summed E-state index contributed by atoms with van der Waals surface area (Å²) in [6.45, 7) is 3.87. The first-order chi connectivity index (χ1) is 22.7. The van der Waals surface area contributed by atoms with Crippen LogP contribution in [0.4, 0.5) is 0 Å². The van der Waals surface area contributed by atoms with Crippen molar-refractivity contribution in [1.29, 1.82) is 15.8 Å². The Balaban J connectivity index is 0.000000255. The molecule has 3 aromatic carbocycles. The van der Waals surface area contributed by atoms with E-state index in [4.69, 9.17) is 44.6 Å². The number of methoxy groups -OCH3 is 3. The number of hydrogen-bond donors (Lipinski definition) is 1. The Morgan fingerprint density at radius 3 is 1.75 bits per heavy atom. The molecule has 2 unspecified atom stereocenters. The summed E-state index contributed by atoms with van der Waals surface area (Å²) in [7, 11) is 8.85. The predicted molar refractivity (Wildman–Crippen MR) is 184 cm³/mol. The molecule has 2 aliphatic rings. The number of phenols is 1. The molecule has 3 aromatic rings. The average molecular weight is 658 g/mol. The molecule has 0 saturated carbocycles. The molecule has 1 N–H and O–H groups in total. The average Bonchev–Trinajstić information content (AvgIpc) is 3.52. The Bertz CT molecular complexity index is 1580. The molecule has 0 aromatic heterocycles. The van der Waals surface area contributed by atoms with Crippen molar-refractivity contribution in [2.45, 2.75) is 45.3 Å². The highest BCUT2D eigenvalue weighted by atomic mass is 16.5. The van der Waals surface area contributed by atoms with Crippen molar-refractivity contribution in [3.8, 4) is 52.7 Å². The highest BCUT2D eigenvalue weighted by Crippen LogP contribution is 2.31. The number of rotatable bonds is 8. The smallest absolute Gasteiger partial charge is 0.162 e. The van der Waals surface area contributed by atoms with E-state index in [1.165, 1.54) is 38.2 Å². The van der Waals surface area contributed by atoms with Gasteiger partial charge in [-0.25, -0.2) is 0 Å². The molecule has 5 rings (SSSR count). The molecule has 0 spiro atoms. The van der Waals surface area contributed by atoms with Crippen molar-refractivity contribution in [1.82, 2.24) is 9.80 Å². The third-order valence-electron chi connectivity index (χ3n) is 7.87. The Hall–Kier alpha value is -5.15. The van der Waals surface area contributed by atoms with Crippen LogP contribution in [0, 0.1) is 34.0 Å². The van der Waals surface area contributed by atoms with E-state index >= 15 is 0 Å². The number of phenolic OH excluding ortho intramolecular Hbond substituents is 1. The largest absolute Gasteiger partial charge is 0.504 e. The first-order valence-corrected chi connectivity index (χ1v) is 15.4. The van der Waals surface area contributed by atoms with Gasteiger partial charge >= 0.3 is 0 Å². The third-order valence-corrected chi connectivity index (χ3v) is 7.87. The Morgan fingerprint density at radius 2 is 1.23 bits per heavy atom. The second kappa shape index (κ2) is 20.2. The molecule has 2 heterocycles.